The van der Waals surface area contributed by atoms with E-state index in [1.165, 1.54) is 11.3 Å². The van der Waals surface area contributed by atoms with Crippen molar-refractivity contribution in [1.29, 1.82) is 5.26 Å². The lowest BCUT2D eigenvalue weighted by atomic mass is 10.1. The van der Waals surface area contributed by atoms with Crippen LogP contribution in [0.2, 0.25) is 0 Å². The van der Waals surface area contributed by atoms with Gasteiger partial charge in [-0.15, -0.1) is 11.3 Å². The van der Waals surface area contributed by atoms with Gasteiger partial charge < -0.3 is 4.42 Å². The normalized spacial score (nSPS) is 11.5. The van der Waals surface area contributed by atoms with Crippen molar-refractivity contribution < 1.29 is 4.42 Å². The Morgan fingerprint density at radius 2 is 1.96 bits per heavy atom. The molecular weight excluding hydrogens is 356 g/mol. The van der Waals surface area contributed by atoms with Crippen LogP contribution in [0, 0.1) is 18.3 Å². The molecule has 0 fully saturated rings. The largest absolute Gasteiger partial charge is 0.422 e. The van der Waals surface area contributed by atoms with E-state index in [-0.39, 0.29) is 0 Å². The first-order valence-electron chi connectivity index (χ1n) is 8.32. The van der Waals surface area contributed by atoms with Gasteiger partial charge in [0.15, 0.2) is 0 Å². The van der Waals surface area contributed by atoms with Gasteiger partial charge in [-0.3, -0.25) is 0 Å². The summed E-state index contributed by atoms with van der Waals surface area (Å²) in [5.74, 6) is 0. The fourth-order valence-corrected chi connectivity index (χ4v) is 3.52. The molecule has 130 valence electrons. The maximum atomic E-state index is 12.3. The lowest BCUT2D eigenvalue weighted by Crippen LogP contribution is -2.02. The van der Waals surface area contributed by atoms with Crippen molar-refractivity contribution in [2.24, 2.45) is 0 Å². The Bertz CT molecular complexity index is 1260. The van der Waals surface area contributed by atoms with Crippen molar-refractivity contribution in [3.05, 3.63) is 86.5 Å². The number of para-hydroxylation sites is 1. The summed E-state index contributed by atoms with van der Waals surface area (Å²) in [5.41, 5.74) is 3.55. The zero-order valence-electron chi connectivity index (χ0n) is 14.5. The molecule has 0 amide bonds. The second kappa shape index (κ2) is 7.02. The highest BCUT2D eigenvalue weighted by molar-refractivity contribution is 7.11. The van der Waals surface area contributed by atoms with Crippen molar-refractivity contribution in [3.8, 4) is 17.3 Å². The minimum Gasteiger partial charge on any atom is -0.422 e. The number of rotatable bonds is 3. The van der Waals surface area contributed by atoms with Crippen LogP contribution in [0.25, 0.3) is 33.9 Å². The Balaban J connectivity index is 1.75. The van der Waals surface area contributed by atoms with Crippen LogP contribution < -0.4 is 5.63 Å². The highest BCUT2D eigenvalue weighted by Crippen LogP contribution is 2.27. The van der Waals surface area contributed by atoms with Gasteiger partial charge in [0.1, 0.15) is 16.7 Å². The van der Waals surface area contributed by atoms with Crippen molar-refractivity contribution in [1.82, 2.24) is 4.98 Å². The van der Waals surface area contributed by atoms with Gasteiger partial charge in [-0.2, -0.15) is 5.26 Å². The van der Waals surface area contributed by atoms with Crippen LogP contribution in [-0.2, 0) is 0 Å². The molecule has 0 aliphatic rings. The molecule has 0 saturated carbocycles. The molecule has 0 radical (unpaired) electrons. The third kappa shape index (κ3) is 3.43. The smallest absolute Gasteiger partial charge is 0.345 e. The van der Waals surface area contributed by atoms with E-state index in [0.717, 1.165) is 16.5 Å². The Kier molecular flexibility index (Phi) is 4.41. The summed E-state index contributed by atoms with van der Waals surface area (Å²) in [6, 6.07) is 19.2. The fraction of sp³-hybridized carbons (Fsp3) is 0.0455. The van der Waals surface area contributed by atoms with Gasteiger partial charge in [-0.1, -0.05) is 48.0 Å². The summed E-state index contributed by atoms with van der Waals surface area (Å²) in [6.07, 6.45) is 1.80. The average Bonchev–Trinajstić information content (AvgIpc) is 3.16. The number of nitrogens with zero attached hydrogens (tertiary/aromatic N) is 2. The summed E-state index contributed by atoms with van der Waals surface area (Å²) in [6.45, 7) is 2.01. The summed E-state index contributed by atoms with van der Waals surface area (Å²) >= 11 is 1.33. The Morgan fingerprint density at radius 1 is 1.19 bits per heavy atom. The van der Waals surface area contributed by atoms with E-state index < -0.39 is 5.63 Å². The van der Waals surface area contributed by atoms with E-state index in [9.17, 15) is 10.1 Å². The van der Waals surface area contributed by atoms with Gasteiger partial charge in [0.2, 0.25) is 0 Å². The molecule has 0 bridgehead atoms. The molecule has 4 aromatic rings. The van der Waals surface area contributed by atoms with Crippen molar-refractivity contribution in [2.45, 2.75) is 6.92 Å². The molecule has 2 aromatic carbocycles. The van der Waals surface area contributed by atoms with Gasteiger partial charge in [-0.25, -0.2) is 9.78 Å². The molecule has 0 aliphatic carbocycles. The van der Waals surface area contributed by atoms with E-state index in [1.807, 2.05) is 49.4 Å². The minimum atomic E-state index is -0.438. The number of fused-ring (bicyclic) bond motifs is 1. The molecule has 0 N–H and O–H groups in total. The van der Waals surface area contributed by atoms with E-state index >= 15 is 0 Å². The predicted octanol–water partition coefficient (Wildman–Crippen LogP) is 5.29. The lowest BCUT2D eigenvalue weighted by Gasteiger charge is -1.99. The maximum Gasteiger partial charge on any atom is 0.345 e. The Labute approximate surface area is 159 Å². The minimum absolute atomic E-state index is 0.392. The topological polar surface area (TPSA) is 66.9 Å². The van der Waals surface area contributed by atoms with Crippen LogP contribution in [0.4, 0.5) is 0 Å². The first kappa shape index (κ1) is 17.0. The second-order valence-electron chi connectivity index (χ2n) is 6.10. The molecule has 0 aliphatic heterocycles. The van der Waals surface area contributed by atoms with Gasteiger partial charge in [0.25, 0.3) is 0 Å². The van der Waals surface area contributed by atoms with Crippen LogP contribution in [-0.4, -0.2) is 4.98 Å². The summed E-state index contributed by atoms with van der Waals surface area (Å²) in [4.78, 5) is 16.8. The molecule has 4 rings (SSSR count). The van der Waals surface area contributed by atoms with Gasteiger partial charge >= 0.3 is 5.63 Å². The molecule has 0 unspecified atom stereocenters. The second-order valence-corrected chi connectivity index (χ2v) is 6.96. The third-order valence-electron chi connectivity index (χ3n) is 4.16. The number of aromatic nitrogens is 1. The van der Waals surface area contributed by atoms with E-state index in [4.69, 9.17) is 4.42 Å². The number of thiazole rings is 1. The Morgan fingerprint density at radius 3 is 2.74 bits per heavy atom. The molecule has 2 aromatic heterocycles. The molecule has 0 spiro atoms. The molecule has 2 heterocycles. The molecule has 27 heavy (non-hydrogen) atoms. The first-order chi connectivity index (χ1) is 13.1. The molecule has 5 heteroatoms. The van der Waals surface area contributed by atoms with Crippen molar-refractivity contribution >= 4 is 34.0 Å². The average molecular weight is 370 g/mol. The van der Waals surface area contributed by atoms with Crippen molar-refractivity contribution in [2.75, 3.05) is 0 Å². The summed E-state index contributed by atoms with van der Waals surface area (Å²) in [5, 5.41) is 12.7. The number of hydrogen-bond donors (Lipinski definition) is 0. The quantitative estimate of drug-likeness (QED) is 0.363. The molecule has 0 saturated heterocycles. The first-order valence-corrected chi connectivity index (χ1v) is 9.19. The van der Waals surface area contributed by atoms with Crippen LogP contribution >= 0.6 is 11.3 Å². The zero-order chi connectivity index (χ0) is 18.8. The summed E-state index contributed by atoms with van der Waals surface area (Å²) in [7, 11) is 0. The van der Waals surface area contributed by atoms with E-state index in [1.54, 1.807) is 23.6 Å². The van der Waals surface area contributed by atoms with Crippen LogP contribution in [0.1, 0.15) is 16.1 Å². The lowest BCUT2D eigenvalue weighted by molar-refractivity contribution is 0.563. The van der Waals surface area contributed by atoms with Gasteiger partial charge in [0, 0.05) is 10.8 Å². The SMILES string of the molecule is Cc1ccc(C=C(C#N)c2nc(-c3cc4ccccc4oc3=O)cs2)cc1. The van der Waals surface area contributed by atoms with E-state index in [0.29, 0.717) is 27.4 Å². The highest BCUT2D eigenvalue weighted by Gasteiger charge is 2.13. The molecular formula is C22H14N2O2S. The molecule has 0 atom stereocenters. The monoisotopic (exact) mass is 370 g/mol. The Hall–Kier alpha value is -3.49. The number of nitriles is 1. The highest BCUT2D eigenvalue weighted by atomic mass is 32.1. The summed E-state index contributed by atoms with van der Waals surface area (Å²) < 4.78 is 5.38. The zero-order valence-corrected chi connectivity index (χ0v) is 15.3. The predicted molar refractivity (Wildman–Crippen MR) is 108 cm³/mol. The van der Waals surface area contributed by atoms with Gasteiger partial charge in [0.05, 0.1) is 16.8 Å². The fourth-order valence-electron chi connectivity index (χ4n) is 2.73. The van der Waals surface area contributed by atoms with Crippen LogP contribution in [0.15, 0.2) is 69.2 Å². The van der Waals surface area contributed by atoms with Crippen LogP contribution in [0.3, 0.4) is 0 Å². The number of hydrogen-bond acceptors (Lipinski definition) is 5. The number of benzene rings is 2. The molecule has 4 nitrogen and oxygen atoms in total. The maximum absolute atomic E-state index is 12.3. The van der Waals surface area contributed by atoms with Crippen molar-refractivity contribution in [3.63, 3.8) is 0 Å². The third-order valence-corrected chi connectivity index (χ3v) is 5.04. The van der Waals surface area contributed by atoms with Gasteiger partial charge in [-0.05, 0) is 30.7 Å². The standard InChI is InChI=1S/C22H14N2O2S/c1-14-6-8-15(9-7-14)10-17(12-23)21-24-19(13-27-21)18-11-16-4-2-3-5-20(16)26-22(18)25/h2-11,13H,1H3. The number of allylic oxidation sites excluding steroid dienone is 1. The van der Waals surface area contributed by atoms with Crippen LogP contribution in [0.5, 0.6) is 0 Å². The van der Waals surface area contributed by atoms with E-state index in [2.05, 4.69) is 11.1 Å². The number of aryl methyl sites for hydroxylation is 1.